The summed E-state index contributed by atoms with van der Waals surface area (Å²) < 4.78 is 16.7. The van der Waals surface area contributed by atoms with Gasteiger partial charge in [0.1, 0.15) is 13.2 Å². The van der Waals surface area contributed by atoms with Crippen LogP contribution < -0.4 is 0 Å². The fourth-order valence-electron chi connectivity index (χ4n) is 7.52. The van der Waals surface area contributed by atoms with E-state index in [0.29, 0.717) is 19.3 Å². The van der Waals surface area contributed by atoms with E-state index in [1.54, 1.807) is 0 Å². The Labute approximate surface area is 484 Å². The molecule has 6 nitrogen and oxygen atoms in total. The SMILES string of the molecule is CC/C=C\C/C=C\C/C=C\C/C=C\C/C=C\C/C=C\C/C=C\C/C=C\C/C=C\C/C=C\CCCCCCC(=O)OCC(COC(=O)CCCCCCC/C=C\C/C=C\CCC)OC(=O)CC/C=C\C/C=C\C/C=C\C/C=C\CC. The highest BCUT2D eigenvalue weighted by molar-refractivity contribution is 5.71. The highest BCUT2D eigenvalue weighted by Gasteiger charge is 2.19. The normalized spacial score (nSPS) is 13.5. The van der Waals surface area contributed by atoms with Crippen LogP contribution in [0.3, 0.4) is 0 Å². The summed E-state index contributed by atoms with van der Waals surface area (Å²) in [7, 11) is 0. The van der Waals surface area contributed by atoms with E-state index in [9.17, 15) is 14.4 Å². The number of carbonyl (C=O) groups is 3. The van der Waals surface area contributed by atoms with Gasteiger partial charge in [0.15, 0.2) is 6.10 Å². The lowest BCUT2D eigenvalue weighted by Crippen LogP contribution is -2.30. The van der Waals surface area contributed by atoms with Gasteiger partial charge in [-0.15, -0.1) is 0 Å². The first-order chi connectivity index (χ1) is 39.0. The van der Waals surface area contributed by atoms with E-state index in [4.69, 9.17) is 14.2 Å². The monoisotopic (exact) mass is 1080 g/mol. The second kappa shape index (κ2) is 64.8. The van der Waals surface area contributed by atoms with Crippen LogP contribution >= 0.6 is 0 Å². The zero-order valence-electron chi connectivity index (χ0n) is 50.0. The molecule has 0 heterocycles. The molecule has 0 bridgehead atoms. The van der Waals surface area contributed by atoms with Gasteiger partial charge >= 0.3 is 17.9 Å². The van der Waals surface area contributed by atoms with E-state index in [2.05, 4.69) is 203 Å². The minimum Gasteiger partial charge on any atom is -0.462 e. The van der Waals surface area contributed by atoms with Crippen molar-refractivity contribution in [1.82, 2.24) is 0 Å². The number of allylic oxidation sites excluding steroid dienone is 32. The maximum atomic E-state index is 12.8. The zero-order valence-corrected chi connectivity index (χ0v) is 50.0. The Bertz CT molecular complexity index is 1920. The van der Waals surface area contributed by atoms with Crippen molar-refractivity contribution in [3.8, 4) is 0 Å². The Morgan fingerprint density at radius 2 is 0.519 bits per heavy atom. The predicted molar refractivity (Wildman–Crippen MR) is 343 cm³/mol. The number of ether oxygens (including phenoxy) is 3. The summed E-state index contributed by atoms with van der Waals surface area (Å²) in [5.74, 6) is -1.07. The van der Waals surface area contributed by atoms with Crippen LogP contribution in [0, 0.1) is 0 Å². The molecule has 0 amide bonds. The minimum absolute atomic E-state index is 0.132. The van der Waals surface area contributed by atoms with Crippen LogP contribution in [0.5, 0.6) is 0 Å². The van der Waals surface area contributed by atoms with Crippen molar-refractivity contribution in [3.05, 3.63) is 194 Å². The number of hydrogen-bond donors (Lipinski definition) is 0. The average molecular weight is 1080 g/mol. The molecule has 0 aliphatic rings. The highest BCUT2D eigenvalue weighted by atomic mass is 16.6. The summed E-state index contributed by atoms with van der Waals surface area (Å²) in [6, 6.07) is 0. The molecule has 1 atom stereocenters. The maximum Gasteiger partial charge on any atom is 0.306 e. The van der Waals surface area contributed by atoms with E-state index < -0.39 is 12.1 Å². The summed E-state index contributed by atoms with van der Waals surface area (Å²) in [5, 5.41) is 0. The van der Waals surface area contributed by atoms with Gasteiger partial charge in [0.2, 0.25) is 0 Å². The number of unbranched alkanes of at least 4 members (excludes halogenated alkanes) is 10. The van der Waals surface area contributed by atoms with Crippen LogP contribution in [0.25, 0.3) is 0 Å². The van der Waals surface area contributed by atoms with E-state index >= 15 is 0 Å². The molecular formula is C73H110O6. The Morgan fingerprint density at radius 1 is 0.266 bits per heavy atom. The average Bonchev–Trinajstić information content (AvgIpc) is 3.45. The van der Waals surface area contributed by atoms with E-state index in [-0.39, 0.29) is 31.6 Å². The van der Waals surface area contributed by atoms with E-state index in [1.165, 1.54) is 6.42 Å². The van der Waals surface area contributed by atoms with Crippen molar-refractivity contribution in [2.75, 3.05) is 13.2 Å². The van der Waals surface area contributed by atoms with Crippen LogP contribution in [0.4, 0.5) is 0 Å². The number of hydrogen-bond acceptors (Lipinski definition) is 6. The molecule has 0 fully saturated rings. The van der Waals surface area contributed by atoms with Gasteiger partial charge in [-0.3, -0.25) is 14.4 Å². The first-order valence-electron chi connectivity index (χ1n) is 30.9. The molecule has 0 aromatic rings. The van der Waals surface area contributed by atoms with Crippen molar-refractivity contribution in [2.24, 2.45) is 0 Å². The third kappa shape index (κ3) is 63.0. The molecule has 0 saturated heterocycles. The summed E-state index contributed by atoms with van der Waals surface area (Å²) in [4.78, 5) is 38.1. The minimum atomic E-state index is -0.843. The molecule has 79 heavy (non-hydrogen) atoms. The van der Waals surface area contributed by atoms with E-state index in [0.717, 1.165) is 173 Å². The quantitative estimate of drug-likeness (QED) is 0.0261. The van der Waals surface area contributed by atoms with Crippen molar-refractivity contribution in [2.45, 2.75) is 232 Å². The smallest absolute Gasteiger partial charge is 0.306 e. The Hall–Kier alpha value is -5.75. The molecule has 1 unspecified atom stereocenters. The Morgan fingerprint density at radius 3 is 0.823 bits per heavy atom. The fourth-order valence-corrected chi connectivity index (χ4v) is 7.52. The summed E-state index contributed by atoms with van der Waals surface area (Å²) in [6.45, 7) is 6.22. The van der Waals surface area contributed by atoms with Crippen LogP contribution in [0.15, 0.2) is 194 Å². The lowest BCUT2D eigenvalue weighted by Gasteiger charge is -2.18. The molecule has 0 saturated carbocycles. The summed E-state index contributed by atoms with van der Waals surface area (Å²) in [5.41, 5.74) is 0. The molecule has 0 spiro atoms. The lowest BCUT2D eigenvalue weighted by molar-refractivity contribution is -0.166. The molecule has 438 valence electrons. The molecule has 0 N–H and O–H groups in total. The van der Waals surface area contributed by atoms with Gasteiger partial charge in [-0.05, 0) is 148 Å². The van der Waals surface area contributed by atoms with Gasteiger partial charge in [-0.2, -0.15) is 0 Å². The van der Waals surface area contributed by atoms with Crippen molar-refractivity contribution in [3.63, 3.8) is 0 Å². The van der Waals surface area contributed by atoms with Crippen LogP contribution in [0.2, 0.25) is 0 Å². The van der Waals surface area contributed by atoms with Gasteiger partial charge < -0.3 is 14.2 Å². The van der Waals surface area contributed by atoms with Gasteiger partial charge in [-0.25, -0.2) is 0 Å². The molecule has 0 radical (unpaired) electrons. The number of esters is 3. The summed E-state index contributed by atoms with van der Waals surface area (Å²) >= 11 is 0. The zero-order chi connectivity index (χ0) is 57.1. The van der Waals surface area contributed by atoms with Gasteiger partial charge in [0, 0.05) is 19.3 Å². The molecule has 0 aliphatic carbocycles. The van der Waals surface area contributed by atoms with Crippen molar-refractivity contribution in [1.29, 1.82) is 0 Å². The first-order valence-corrected chi connectivity index (χ1v) is 30.9. The standard InChI is InChI=1S/C73H110O6/c1-4-7-10-13-16-19-22-25-26-27-28-29-30-31-32-33-34-35-36-37-38-39-40-41-42-43-44-45-46-49-51-54-57-60-63-66-72(75)78-69-70(79-73(76)67-64-61-58-55-52-48-24-21-18-15-12-9-6-3)68-77-71(74)65-62-59-56-53-50-47-23-20-17-14-11-8-5-2/h7,9-12,14,16,18-21,23,25-26,28-29,31-32,34-35,37-38,40-41,43-44,46,48-49,52,58,61,70H,4-6,8,13,15,17,22,24,27,30,33,36,39,42,45,47,50-51,53-57,59-60,62-69H2,1-3H3/b10-7-,12-9-,14-11-,19-16-,21-18-,23-20-,26-25-,29-28-,32-31-,35-34-,38-37-,41-40-,44-43-,49-46-,52-48-,61-58-. The van der Waals surface area contributed by atoms with Gasteiger partial charge in [0.05, 0.1) is 0 Å². The predicted octanol–water partition coefficient (Wildman–Crippen LogP) is 21.4. The molecule has 0 aromatic heterocycles. The number of carbonyl (C=O) groups excluding carboxylic acids is 3. The third-order valence-corrected chi connectivity index (χ3v) is 12.1. The third-order valence-electron chi connectivity index (χ3n) is 12.1. The first kappa shape index (κ1) is 73.2. The van der Waals surface area contributed by atoms with Crippen molar-refractivity contribution < 1.29 is 28.6 Å². The largest absolute Gasteiger partial charge is 0.462 e. The van der Waals surface area contributed by atoms with Gasteiger partial charge in [-0.1, -0.05) is 254 Å². The molecule has 0 aromatic carbocycles. The van der Waals surface area contributed by atoms with Crippen LogP contribution in [-0.2, 0) is 28.6 Å². The second-order valence-electron chi connectivity index (χ2n) is 19.5. The number of rotatable bonds is 53. The lowest BCUT2D eigenvalue weighted by atomic mass is 10.1. The fraction of sp³-hybridized carbons (Fsp3) is 0.521. The van der Waals surface area contributed by atoms with Crippen LogP contribution in [-0.4, -0.2) is 37.2 Å². The Balaban J connectivity index is 4.37. The molecule has 0 rings (SSSR count). The molecular weight excluding hydrogens is 973 g/mol. The summed E-state index contributed by atoms with van der Waals surface area (Å²) in [6.07, 6.45) is 98.9. The van der Waals surface area contributed by atoms with Gasteiger partial charge in [0.25, 0.3) is 0 Å². The van der Waals surface area contributed by atoms with Crippen molar-refractivity contribution >= 4 is 17.9 Å². The molecule has 6 heteroatoms. The Kier molecular flexibility index (Phi) is 60.1. The molecule has 0 aliphatic heterocycles. The topological polar surface area (TPSA) is 78.9 Å². The highest BCUT2D eigenvalue weighted by Crippen LogP contribution is 2.12. The maximum absolute atomic E-state index is 12.8. The second-order valence-corrected chi connectivity index (χ2v) is 19.5. The van der Waals surface area contributed by atoms with Crippen LogP contribution in [0.1, 0.15) is 226 Å². The van der Waals surface area contributed by atoms with E-state index in [1.807, 2.05) is 12.2 Å².